The van der Waals surface area contributed by atoms with Crippen LogP contribution in [0.25, 0.3) is 11.4 Å². The summed E-state index contributed by atoms with van der Waals surface area (Å²) in [6, 6.07) is 12.5. The maximum absolute atomic E-state index is 6.07. The fraction of sp³-hybridized carbons (Fsp3) is 0.318. The third-order valence-electron chi connectivity index (χ3n) is 5.67. The van der Waals surface area contributed by atoms with Crippen molar-refractivity contribution in [3.05, 3.63) is 59.5 Å². The molecule has 1 N–H and O–H groups in total. The Labute approximate surface area is 174 Å². The molecule has 4 heterocycles. The van der Waals surface area contributed by atoms with E-state index in [2.05, 4.69) is 41.8 Å². The standard InChI is InChI=1S/C22H21ClN6/c23-17-4-1-3-16(13-17)6-7-18-8-9-19-14-28(11-12-29(18)19)22-20(5-2-10-24-22)21-25-15-26-27-21/h1-5,10,13,15,18-19H,8-9,11-12,14H2,(H,25,26,27)/t18-,19-/m0/s1. The van der Waals surface area contributed by atoms with Gasteiger partial charge < -0.3 is 4.90 Å². The number of H-pyrrole nitrogens is 1. The van der Waals surface area contributed by atoms with Crippen LogP contribution in [0.4, 0.5) is 5.82 Å². The van der Waals surface area contributed by atoms with Gasteiger partial charge in [0.1, 0.15) is 12.1 Å². The van der Waals surface area contributed by atoms with Crippen molar-refractivity contribution in [1.82, 2.24) is 25.1 Å². The van der Waals surface area contributed by atoms with Crippen molar-refractivity contribution in [3.63, 3.8) is 0 Å². The number of piperazine rings is 1. The zero-order chi connectivity index (χ0) is 19.6. The zero-order valence-electron chi connectivity index (χ0n) is 15.9. The van der Waals surface area contributed by atoms with Crippen molar-refractivity contribution in [1.29, 1.82) is 0 Å². The van der Waals surface area contributed by atoms with Gasteiger partial charge in [0, 0.05) is 42.5 Å². The van der Waals surface area contributed by atoms with Crippen LogP contribution in [0, 0.1) is 11.8 Å². The summed E-state index contributed by atoms with van der Waals surface area (Å²) in [5, 5.41) is 7.67. The molecule has 2 aliphatic heterocycles. The second-order valence-corrected chi connectivity index (χ2v) is 7.86. The number of fused-ring (bicyclic) bond motifs is 1. The van der Waals surface area contributed by atoms with E-state index in [4.69, 9.17) is 11.6 Å². The van der Waals surface area contributed by atoms with E-state index in [0.29, 0.717) is 12.1 Å². The Kier molecular flexibility index (Phi) is 4.92. The average Bonchev–Trinajstić information content (AvgIpc) is 3.42. The van der Waals surface area contributed by atoms with E-state index in [9.17, 15) is 0 Å². The number of pyridine rings is 1. The van der Waals surface area contributed by atoms with Gasteiger partial charge in [-0.05, 0) is 43.2 Å². The normalized spacial score (nSPS) is 21.5. The molecule has 29 heavy (non-hydrogen) atoms. The van der Waals surface area contributed by atoms with E-state index in [1.807, 2.05) is 42.6 Å². The number of anilines is 1. The highest BCUT2D eigenvalue weighted by Gasteiger charge is 2.37. The Bertz CT molecular complexity index is 1050. The van der Waals surface area contributed by atoms with Crippen molar-refractivity contribution in [2.75, 3.05) is 24.5 Å². The van der Waals surface area contributed by atoms with Gasteiger partial charge in [-0.1, -0.05) is 29.5 Å². The van der Waals surface area contributed by atoms with Gasteiger partial charge in [-0.2, -0.15) is 5.10 Å². The third-order valence-corrected chi connectivity index (χ3v) is 5.90. The van der Waals surface area contributed by atoms with E-state index in [1.54, 1.807) is 0 Å². The molecule has 2 atom stereocenters. The number of aromatic amines is 1. The Morgan fingerprint density at radius 2 is 2.07 bits per heavy atom. The van der Waals surface area contributed by atoms with Gasteiger partial charge in [0.15, 0.2) is 5.82 Å². The van der Waals surface area contributed by atoms with Gasteiger partial charge in [0.05, 0.1) is 11.6 Å². The van der Waals surface area contributed by atoms with Crippen LogP contribution < -0.4 is 4.90 Å². The number of hydrogen-bond donors (Lipinski definition) is 1. The maximum Gasteiger partial charge on any atom is 0.159 e. The van der Waals surface area contributed by atoms with Gasteiger partial charge in [0.2, 0.25) is 0 Å². The molecule has 2 saturated heterocycles. The largest absolute Gasteiger partial charge is 0.353 e. The number of nitrogens with zero attached hydrogens (tertiary/aromatic N) is 5. The Morgan fingerprint density at radius 3 is 2.93 bits per heavy atom. The zero-order valence-corrected chi connectivity index (χ0v) is 16.7. The smallest absolute Gasteiger partial charge is 0.159 e. The number of benzene rings is 1. The van der Waals surface area contributed by atoms with Gasteiger partial charge in [-0.25, -0.2) is 9.97 Å². The van der Waals surface area contributed by atoms with Crippen LogP contribution in [-0.4, -0.2) is 56.8 Å². The maximum atomic E-state index is 6.07. The van der Waals surface area contributed by atoms with E-state index in [-0.39, 0.29) is 0 Å². The molecule has 0 spiro atoms. The van der Waals surface area contributed by atoms with Gasteiger partial charge in [0.25, 0.3) is 0 Å². The number of aromatic nitrogens is 4. The fourth-order valence-corrected chi connectivity index (χ4v) is 4.49. The molecule has 5 rings (SSSR count). The first kappa shape index (κ1) is 18.2. The minimum atomic E-state index is 0.304. The number of rotatable bonds is 2. The van der Waals surface area contributed by atoms with Crippen molar-refractivity contribution >= 4 is 17.4 Å². The molecule has 2 aliphatic rings. The second-order valence-electron chi connectivity index (χ2n) is 7.42. The molecule has 0 saturated carbocycles. The minimum Gasteiger partial charge on any atom is -0.353 e. The molecule has 0 unspecified atom stereocenters. The molecule has 0 amide bonds. The molecule has 7 heteroatoms. The van der Waals surface area contributed by atoms with Crippen molar-refractivity contribution in [2.45, 2.75) is 24.9 Å². The predicted octanol–water partition coefficient (Wildman–Crippen LogP) is 3.22. The lowest BCUT2D eigenvalue weighted by atomic mass is 10.1. The predicted molar refractivity (Wildman–Crippen MR) is 114 cm³/mol. The molecule has 1 aromatic carbocycles. The minimum absolute atomic E-state index is 0.304. The van der Waals surface area contributed by atoms with E-state index < -0.39 is 0 Å². The van der Waals surface area contributed by atoms with Crippen LogP contribution in [0.5, 0.6) is 0 Å². The van der Waals surface area contributed by atoms with E-state index >= 15 is 0 Å². The average molecular weight is 405 g/mol. The molecule has 6 nitrogen and oxygen atoms in total. The Balaban J connectivity index is 1.32. The summed E-state index contributed by atoms with van der Waals surface area (Å²) in [5.74, 6) is 8.51. The molecule has 3 aromatic rings. The molecular formula is C22H21ClN6. The van der Waals surface area contributed by atoms with Gasteiger partial charge >= 0.3 is 0 Å². The molecule has 2 aromatic heterocycles. The number of nitrogens with one attached hydrogen (secondary N) is 1. The highest BCUT2D eigenvalue weighted by molar-refractivity contribution is 6.30. The van der Waals surface area contributed by atoms with Crippen LogP contribution in [0.1, 0.15) is 18.4 Å². The van der Waals surface area contributed by atoms with E-state index in [1.165, 1.54) is 6.33 Å². The van der Waals surface area contributed by atoms with Crippen LogP contribution in [-0.2, 0) is 0 Å². The van der Waals surface area contributed by atoms with Gasteiger partial charge in [-0.15, -0.1) is 0 Å². The lowest BCUT2D eigenvalue weighted by Gasteiger charge is -2.40. The van der Waals surface area contributed by atoms with Crippen LogP contribution in [0.2, 0.25) is 5.02 Å². The quantitative estimate of drug-likeness (QED) is 0.664. The van der Waals surface area contributed by atoms with E-state index in [0.717, 1.165) is 60.3 Å². The summed E-state index contributed by atoms with van der Waals surface area (Å²) in [6.07, 6.45) is 5.62. The van der Waals surface area contributed by atoms with Gasteiger partial charge in [-0.3, -0.25) is 10.00 Å². The summed E-state index contributed by atoms with van der Waals surface area (Å²) in [7, 11) is 0. The number of halogens is 1. The Hall–Kier alpha value is -2.88. The summed E-state index contributed by atoms with van der Waals surface area (Å²) in [6.45, 7) is 2.85. The lowest BCUT2D eigenvalue weighted by Crippen LogP contribution is -2.52. The first-order valence-corrected chi connectivity index (χ1v) is 10.2. The van der Waals surface area contributed by atoms with Crippen molar-refractivity contribution in [3.8, 4) is 23.2 Å². The summed E-state index contributed by atoms with van der Waals surface area (Å²) < 4.78 is 0. The fourth-order valence-electron chi connectivity index (χ4n) is 4.30. The molecular weight excluding hydrogens is 384 g/mol. The molecule has 0 bridgehead atoms. The molecule has 0 radical (unpaired) electrons. The molecule has 146 valence electrons. The summed E-state index contributed by atoms with van der Waals surface area (Å²) in [4.78, 5) is 13.9. The Morgan fingerprint density at radius 1 is 1.10 bits per heavy atom. The summed E-state index contributed by atoms with van der Waals surface area (Å²) in [5.41, 5.74) is 1.97. The van der Waals surface area contributed by atoms with Crippen LogP contribution >= 0.6 is 11.6 Å². The third kappa shape index (κ3) is 3.71. The second kappa shape index (κ2) is 7.86. The molecule has 2 fully saturated rings. The summed E-state index contributed by atoms with van der Waals surface area (Å²) >= 11 is 6.07. The monoisotopic (exact) mass is 404 g/mol. The van der Waals surface area contributed by atoms with Crippen LogP contribution in [0.3, 0.4) is 0 Å². The highest BCUT2D eigenvalue weighted by Crippen LogP contribution is 2.32. The van der Waals surface area contributed by atoms with Crippen molar-refractivity contribution in [2.24, 2.45) is 0 Å². The molecule has 0 aliphatic carbocycles. The first-order valence-electron chi connectivity index (χ1n) is 9.86. The topological polar surface area (TPSA) is 60.9 Å². The lowest BCUT2D eigenvalue weighted by molar-refractivity contribution is 0.203. The van der Waals surface area contributed by atoms with Crippen molar-refractivity contribution < 1.29 is 0 Å². The number of hydrogen-bond acceptors (Lipinski definition) is 5. The van der Waals surface area contributed by atoms with Crippen LogP contribution in [0.15, 0.2) is 48.9 Å². The highest BCUT2D eigenvalue weighted by atomic mass is 35.5. The SMILES string of the molecule is Clc1cccc(C#C[C@H]2CC[C@H]3CN(c4ncccc4-c4ncn[nH]4)CCN32)c1. The first-order chi connectivity index (χ1) is 14.3.